The minimum atomic E-state index is -0.616. The molecule has 1 unspecified atom stereocenters. The second kappa shape index (κ2) is 5.02. The van der Waals surface area contributed by atoms with E-state index in [9.17, 15) is 4.79 Å². The first-order valence-electron chi connectivity index (χ1n) is 6.56. The topological polar surface area (TPSA) is 46.3 Å². The van der Waals surface area contributed by atoms with Gasteiger partial charge < -0.3 is 10.6 Å². The van der Waals surface area contributed by atoms with Crippen molar-refractivity contribution in [2.24, 2.45) is 5.73 Å². The summed E-state index contributed by atoms with van der Waals surface area (Å²) in [5, 5.41) is 0. The molecule has 0 bridgehead atoms. The Morgan fingerprint density at radius 2 is 2.06 bits per heavy atom. The maximum atomic E-state index is 12.5. The van der Waals surface area contributed by atoms with E-state index in [0.717, 1.165) is 25.7 Å². The van der Waals surface area contributed by atoms with Gasteiger partial charge in [-0.2, -0.15) is 0 Å². The molecule has 1 aromatic rings. The van der Waals surface area contributed by atoms with Gasteiger partial charge in [-0.3, -0.25) is 4.79 Å². The quantitative estimate of drug-likeness (QED) is 0.914. The number of amides is 1. The van der Waals surface area contributed by atoms with E-state index >= 15 is 0 Å². The molecule has 1 atom stereocenters. The van der Waals surface area contributed by atoms with Gasteiger partial charge >= 0.3 is 0 Å². The summed E-state index contributed by atoms with van der Waals surface area (Å²) in [4.78, 5) is 16.8. The van der Waals surface area contributed by atoms with Gasteiger partial charge in [0.25, 0.3) is 0 Å². The molecular weight excluding hydrogens is 244 g/mol. The lowest BCUT2D eigenvalue weighted by molar-refractivity contribution is -0.137. The third-order valence-electron chi connectivity index (χ3n) is 4.00. The smallest absolute Gasteiger partial charge is 0.242 e. The predicted octanol–water partition coefficient (Wildman–Crippen LogP) is 2.85. The molecular formula is C14H22N2OS. The van der Waals surface area contributed by atoms with Crippen LogP contribution in [-0.4, -0.2) is 23.4 Å². The van der Waals surface area contributed by atoms with Gasteiger partial charge in [0.15, 0.2) is 0 Å². The molecule has 4 heteroatoms. The average molecular weight is 266 g/mol. The number of carbonyl (C=O) groups excluding carboxylic acids is 1. The van der Waals surface area contributed by atoms with Crippen LogP contribution in [0.25, 0.3) is 0 Å². The Hall–Kier alpha value is -0.870. The molecule has 1 heterocycles. The van der Waals surface area contributed by atoms with E-state index in [0.29, 0.717) is 0 Å². The summed E-state index contributed by atoms with van der Waals surface area (Å²) in [6.45, 7) is 4.16. The molecule has 1 aliphatic rings. The molecule has 3 nitrogen and oxygen atoms in total. The van der Waals surface area contributed by atoms with Gasteiger partial charge in [0.2, 0.25) is 5.91 Å². The van der Waals surface area contributed by atoms with Gasteiger partial charge in [-0.25, -0.2) is 0 Å². The first-order valence-corrected chi connectivity index (χ1v) is 7.38. The molecule has 18 heavy (non-hydrogen) atoms. The van der Waals surface area contributed by atoms with E-state index in [1.54, 1.807) is 11.3 Å². The number of rotatable bonds is 3. The van der Waals surface area contributed by atoms with Crippen molar-refractivity contribution in [3.05, 3.63) is 21.9 Å². The number of carbonyl (C=O) groups is 1. The Balaban J connectivity index is 2.11. The number of likely N-dealkylation sites (N-methyl/N-ethyl adjacent to an activating group) is 1. The minimum absolute atomic E-state index is 0.0959. The number of nitrogens with zero attached hydrogens (tertiary/aromatic N) is 1. The lowest BCUT2D eigenvalue weighted by Gasteiger charge is -2.32. The van der Waals surface area contributed by atoms with Crippen molar-refractivity contribution in [1.82, 2.24) is 4.90 Å². The molecule has 1 saturated carbocycles. The van der Waals surface area contributed by atoms with Crippen molar-refractivity contribution in [2.75, 3.05) is 7.05 Å². The summed E-state index contributed by atoms with van der Waals surface area (Å²) in [5.74, 6) is 0.0959. The molecule has 2 N–H and O–H groups in total. The molecule has 1 aliphatic carbocycles. The lowest BCUT2D eigenvalue weighted by atomic mass is 9.96. The highest BCUT2D eigenvalue weighted by atomic mass is 32.1. The summed E-state index contributed by atoms with van der Waals surface area (Å²) < 4.78 is 0. The fraction of sp³-hybridized carbons (Fsp3) is 0.643. The molecule has 1 fully saturated rings. The van der Waals surface area contributed by atoms with Crippen molar-refractivity contribution >= 4 is 17.2 Å². The molecule has 0 aliphatic heterocycles. The zero-order valence-electron chi connectivity index (χ0n) is 11.4. The third kappa shape index (κ3) is 2.45. The van der Waals surface area contributed by atoms with E-state index in [2.05, 4.69) is 26.0 Å². The highest BCUT2D eigenvalue weighted by molar-refractivity contribution is 7.12. The predicted molar refractivity (Wildman–Crippen MR) is 75.6 cm³/mol. The van der Waals surface area contributed by atoms with Gasteiger partial charge in [0.1, 0.15) is 0 Å². The molecule has 0 spiro atoms. The lowest BCUT2D eigenvalue weighted by Crippen LogP contribution is -2.52. The monoisotopic (exact) mass is 266 g/mol. The highest BCUT2D eigenvalue weighted by Crippen LogP contribution is 2.32. The van der Waals surface area contributed by atoms with Crippen LogP contribution < -0.4 is 5.73 Å². The van der Waals surface area contributed by atoms with Crippen LogP contribution >= 0.6 is 11.3 Å². The number of hydrogen-bond donors (Lipinski definition) is 1. The average Bonchev–Trinajstić information content (AvgIpc) is 2.96. The number of hydrogen-bond acceptors (Lipinski definition) is 3. The van der Waals surface area contributed by atoms with Crippen LogP contribution in [0.4, 0.5) is 0 Å². The summed E-state index contributed by atoms with van der Waals surface area (Å²) in [6, 6.07) is 4.31. The van der Waals surface area contributed by atoms with Crippen LogP contribution in [0, 0.1) is 6.92 Å². The van der Waals surface area contributed by atoms with Gasteiger partial charge in [0, 0.05) is 16.8 Å². The Morgan fingerprint density at radius 3 is 2.56 bits per heavy atom. The standard InChI is InChI=1S/C14H22N2OS/c1-10-6-7-12(18-10)11(2)16(3)13(17)14(15)8-4-5-9-14/h6-7,11H,4-5,8-9,15H2,1-3H3. The van der Waals surface area contributed by atoms with Gasteiger partial charge in [-0.05, 0) is 38.8 Å². The molecule has 0 saturated heterocycles. The van der Waals surface area contributed by atoms with Crippen LogP contribution in [0.3, 0.4) is 0 Å². The number of aryl methyl sites for hydroxylation is 1. The second-order valence-corrected chi connectivity index (χ2v) is 6.72. The Morgan fingerprint density at radius 1 is 1.44 bits per heavy atom. The molecule has 0 radical (unpaired) electrons. The van der Waals surface area contributed by atoms with E-state index in [1.165, 1.54) is 9.75 Å². The highest BCUT2D eigenvalue weighted by Gasteiger charge is 2.40. The fourth-order valence-electron chi connectivity index (χ4n) is 2.62. The summed E-state index contributed by atoms with van der Waals surface area (Å²) >= 11 is 1.75. The fourth-order valence-corrected chi connectivity index (χ4v) is 3.59. The van der Waals surface area contributed by atoms with E-state index in [4.69, 9.17) is 5.73 Å². The van der Waals surface area contributed by atoms with E-state index in [-0.39, 0.29) is 11.9 Å². The molecule has 2 rings (SSSR count). The first-order chi connectivity index (χ1) is 8.44. The zero-order chi connectivity index (χ0) is 13.3. The SMILES string of the molecule is Cc1ccc(C(C)N(C)C(=O)C2(N)CCCC2)s1. The Kier molecular flexibility index (Phi) is 3.78. The van der Waals surface area contributed by atoms with Crippen molar-refractivity contribution in [2.45, 2.75) is 51.1 Å². The summed E-state index contributed by atoms with van der Waals surface area (Å²) in [7, 11) is 1.87. The summed E-state index contributed by atoms with van der Waals surface area (Å²) in [6.07, 6.45) is 3.80. The van der Waals surface area contributed by atoms with Crippen LogP contribution in [0.2, 0.25) is 0 Å². The number of nitrogens with two attached hydrogens (primary N) is 1. The molecule has 100 valence electrons. The molecule has 1 aromatic heterocycles. The Bertz CT molecular complexity index is 435. The number of thiophene rings is 1. The minimum Gasteiger partial charge on any atom is -0.337 e. The first kappa shape index (κ1) is 13.6. The van der Waals surface area contributed by atoms with Crippen molar-refractivity contribution in [1.29, 1.82) is 0 Å². The van der Waals surface area contributed by atoms with Crippen LogP contribution in [-0.2, 0) is 4.79 Å². The Labute approximate surface area is 113 Å². The van der Waals surface area contributed by atoms with Gasteiger partial charge in [0.05, 0.1) is 11.6 Å². The second-order valence-electron chi connectivity index (χ2n) is 5.40. The van der Waals surface area contributed by atoms with Gasteiger partial charge in [-0.15, -0.1) is 11.3 Å². The maximum absolute atomic E-state index is 12.5. The molecule has 1 amide bonds. The van der Waals surface area contributed by atoms with Crippen molar-refractivity contribution < 1.29 is 4.79 Å². The third-order valence-corrected chi connectivity index (χ3v) is 5.17. The largest absolute Gasteiger partial charge is 0.337 e. The van der Waals surface area contributed by atoms with E-state index in [1.807, 2.05) is 11.9 Å². The zero-order valence-corrected chi connectivity index (χ0v) is 12.2. The van der Waals surface area contributed by atoms with Crippen LogP contribution in [0.15, 0.2) is 12.1 Å². The van der Waals surface area contributed by atoms with Crippen molar-refractivity contribution in [3.63, 3.8) is 0 Å². The molecule has 0 aromatic carbocycles. The van der Waals surface area contributed by atoms with E-state index < -0.39 is 5.54 Å². The van der Waals surface area contributed by atoms with Crippen LogP contribution in [0.1, 0.15) is 48.4 Å². The normalized spacial score (nSPS) is 19.8. The van der Waals surface area contributed by atoms with Gasteiger partial charge in [-0.1, -0.05) is 12.8 Å². The van der Waals surface area contributed by atoms with Crippen LogP contribution in [0.5, 0.6) is 0 Å². The summed E-state index contributed by atoms with van der Waals surface area (Å²) in [5.41, 5.74) is 5.62. The maximum Gasteiger partial charge on any atom is 0.242 e. The van der Waals surface area contributed by atoms with Crippen molar-refractivity contribution in [3.8, 4) is 0 Å².